The minimum atomic E-state index is 0.517. The van der Waals surface area contributed by atoms with Gasteiger partial charge < -0.3 is 8.98 Å². The summed E-state index contributed by atoms with van der Waals surface area (Å²) in [6.07, 6.45) is 1.63. The van der Waals surface area contributed by atoms with E-state index in [4.69, 9.17) is 16.0 Å². The van der Waals surface area contributed by atoms with Gasteiger partial charge in [-0.2, -0.15) is 0 Å². The van der Waals surface area contributed by atoms with Crippen molar-refractivity contribution in [1.82, 2.24) is 19.7 Å². The molecule has 0 aliphatic rings. The van der Waals surface area contributed by atoms with Crippen LogP contribution in [0.5, 0.6) is 0 Å². The van der Waals surface area contributed by atoms with E-state index in [-0.39, 0.29) is 0 Å². The molecule has 0 unspecified atom stereocenters. The molecule has 5 nitrogen and oxygen atoms in total. The Labute approximate surface area is 125 Å². The molecular formula is C13H11ClN4OS. The highest BCUT2D eigenvalue weighted by molar-refractivity contribution is 7.98. The molecule has 1 aromatic carbocycles. The zero-order valence-corrected chi connectivity index (χ0v) is 12.2. The standard InChI is InChI=1S/C13H11ClN4OS/c1-18-10(14)7-15-11(18)8-20-13-17-16-12(19-13)9-5-3-2-4-6-9/h2-7H,8H2,1H3. The largest absolute Gasteiger partial charge is 0.411 e. The van der Waals surface area contributed by atoms with Gasteiger partial charge in [-0.3, -0.25) is 0 Å². The van der Waals surface area contributed by atoms with Crippen molar-refractivity contribution in [2.75, 3.05) is 0 Å². The van der Waals surface area contributed by atoms with Gasteiger partial charge in [0.25, 0.3) is 5.22 Å². The Hall–Kier alpha value is -1.79. The maximum Gasteiger partial charge on any atom is 0.277 e. The van der Waals surface area contributed by atoms with E-state index < -0.39 is 0 Å². The van der Waals surface area contributed by atoms with Gasteiger partial charge in [-0.15, -0.1) is 10.2 Å². The van der Waals surface area contributed by atoms with E-state index in [9.17, 15) is 0 Å². The van der Waals surface area contributed by atoms with Crippen LogP contribution in [-0.4, -0.2) is 19.7 Å². The Kier molecular flexibility index (Phi) is 3.75. The molecule has 0 bridgehead atoms. The third-order valence-electron chi connectivity index (χ3n) is 2.78. The molecule has 0 radical (unpaired) electrons. The van der Waals surface area contributed by atoms with Crippen LogP contribution in [0.3, 0.4) is 0 Å². The number of rotatable bonds is 4. The summed E-state index contributed by atoms with van der Waals surface area (Å²) in [6.45, 7) is 0. The second-order valence-electron chi connectivity index (χ2n) is 4.08. The molecule has 2 heterocycles. The molecule has 0 N–H and O–H groups in total. The number of hydrogen-bond donors (Lipinski definition) is 0. The second-order valence-corrected chi connectivity index (χ2v) is 5.40. The van der Waals surface area contributed by atoms with Crippen LogP contribution < -0.4 is 0 Å². The fourth-order valence-electron chi connectivity index (χ4n) is 1.65. The highest BCUT2D eigenvalue weighted by atomic mass is 35.5. The van der Waals surface area contributed by atoms with Crippen LogP contribution in [0.4, 0.5) is 0 Å². The van der Waals surface area contributed by atoms with Crippen LogP contribution in [-0.2, 0) is 12.8 Å². The van der Waals surface area contributed by atoms with Gasteiger partial charge >= 0.3 is 0 Å². The molecule has 102 valence electrons. The maximum absolute atomic E-state index is 5.94. The summed E-state index contributed by atoms with van der Waals surface area (Å²) in [5.41, 5.74) is 0.909. The fraction of sp³-hybridized carbons (Fsp3) is 0.154. The molecule has 0 saturated heterocycles. The first-order valence-corrected chi connectivity index (χ1v) is 7.28. The van der Waals surface area contributed by atoms with Gasteiger partial charge in [-0.05, 0) is 12.1 Å². The first-order chi connectivity index (χ1) is 9.74. The predicted octanol–water partition coefficient (Wildman–Crippen LogP) is 3.42. The number of nitrogens with zero attached hydrogens (tertiary/aromatic N) is 4. The summed E-state index contributed by atoms with van der Waals surface area (Å²) < 4.78 is 7.43. The number of aromatic nitrogens is 4. The molecule has 0 fully saturated rings. The summed E-state index contributed by atoms with van der Waals surface area (Å²) in [6, 6.07) is 9.67. The average molecular weight is 307 g/mol. The third kappa shape index (κ3) is 2.71. The number of halogens is 1. The molecule has 7 heteroatoms. The molecule has 20 heavy (non-hydrogen) atoms. The number of imidazole rings is 1. The van der Waals surface area contributed by atoms with Crippen molar-refractivity contribution in [3.63, 3.8) is 0 Å². The highest BCUT2D eigenvalue weighted by Gasteiger charge is 2.11. The Morgan fingerprint density at radius 1 is 1.25 bits per heavy atom. The third-order valence-corrected chi connectivity index (χ3v) is 3.95. The van der Waals surface area contributed by atoms with Crippen molar-refractivity contribution in [3.05, 3.63) is 47.5 Å². The molecule has 0 aliphatic heterocycles. The summed E-state index contributed by atoms with van der Waals surface area (Å²) in [5.74, 6) is 2.00. The van der Waals surface area contributed by atoms with Gasteiger partial charge in [0.1, 0.15) is 11.0 Å². The molecule has 3 aromatic rings. The molecular weight excluding hydrogens is 296 g/mol. The second kappa shape index (κ2) is 5.68. The zero-order chi connectivity index (χ0) is 13.9. The van der Waals surface area contributed by atoms with E-state index in [2.05, 4.69) is 15.2 Å². The monoisotopic (exact) mass is 306 g/mol. The predicted molar refractivity (Wildman–Crippen MR) is 77.5 cm³/mol. The summed E-state index contributed by atoms with van der Waals surface area (Å²) in [4.78, 5) is 4.22. The van der Waals surface area contributed by atoms with Gasteiger partial charge in [-0.1, -0.05) is 41.6 Å². The van der Waals surface area contributed by atoms with Crippen LogP contribution in [0.25, 0.3) is 11.5 Å². The van der Waals surface area contributed by atoms with Crippen LogP contribution in [0.2, 0.25) is 5.15 Å². The molecule has 2 aromatic heterocycles. The van der Waals surface area contributed by atoms with Crippen molar-refractivity contribution in [2.45, 2.75) is 11.0 Å². The van der Waals surface area contributed by atoms with Crippen molar-refractivity contribution in [3.8, 4) is 11.5 Å². The Balaban J connectivity index is 1.70. The van der Waals surface area contributed by atoms with Crippen LogP contribution >= 0.6 is 23.4 Å². The van der Waals surface area contributed by atoms with Gasteiger partial charge in [0.05, 0.1) is 11.9 Å². The molecule has 0 saturated carbocycles. The van der Waals surface area contributed by atoms with Crippen molar-refractivity contribution in [1.29, 1.82) is 0 Å². The van der Waals surface area contributed by atoms with Gasteiger partial charge in [0.2, 0.25) is 5.89 Å². The molecule has 0 spiro atoms. The quantitative estimate of drug-likeness (QED) is 0.691. The maximum atomic E-state index is 5.94. The minimum Gasteiger partial charge on any atom is -0.411 e. The van der Waals surface area contributed by atoms with Crippen LogP contribution in [0.1, 0.15) is 5.82 Å². The van der Waals surface area contributed by atoms with Gasteiger partial charge in [0, 0.05) is 12.6 Å². The summed E-state index contributed by atoms with van der Waals surface area (Å²) >= 11 is 7.37. The van der Waals surface area contributed by atoms with E-state index in [0.717, 1.165) is 11.4 Å². The number of hydrogen-bond acceptors (Lipinski definition) is 5. The van der Waals surface area contributed by atoms with E-state index in [1.54, 1.807) is 6.20 Å². The minimum absolute atomic E-state index is 0.517. The van der Waals surface area contributed by atoms with E-state index >= 15 is 0 Å². The zero-order valence-electron chi connectivity index (χ0n) is 10.7. The SMILES string of the molecule is Cn1c(Cl)cnc1CSc1nnc(-c2ccccc2)o1. The van der Waals surface area contributed by atoms with Crippen molar-refractivity contribution in [2.24, 2.45) is 7.05 Å². The fourth-order valence-corrected chi connectivity index (χ4v) is 2.55. The van der Waals surface area contributed by atoms with E-state index in [1.165, 1.54) is 11.8 Å². The Bertz CT molecular complexity index is 710. The lowest BCUT2D eigenvalue weighted by molar-refractivity contribution is 0.465. The lowest BCUT2D eigenvalue weighted by atomic mass is 10.2. The topological polar surface area (TPSA) is 56.7 Å². The van der Waals surface area contributed by atoms with Crippen LogP contribution in [0, 0.1) is 0 Å². The average Bonchev–Trinajstić information content (AvgIpc) is 3.07. The molecule has 0 amide bonds. The van der Waals surface area contributed by atoms with Crippen LogP contribution in [0.15, 0.2) is 46.2 Å². The summed E-state index contributed by atoms with van der Waals surface area (Å²) in [5, 5.41) is 9.18. The molecule has 3 rings (SSSR count). The van der Waals surface area contributed by atoms with Crippen molar-refractivity contribution >= 4 is 23.4 Å². The normalized spacial score (nSPS) is 10.9. The smallest absolute Gasteiger partial charge is 0.277 e. The summed E-state index contributed by atoms with van der Waals surface area (Å²) in [7, 11) is 1.87. The van der Waals surface area contributed by atoms with E-state index in [1.807, 2.05) is 41.9 Å². The number of thioether (sulfide) groups is 1. The van der Waals surface area contributed by atoms with Gasteiger partial charge in [0.15, 0.2) is 0 Å². The van der Waals surface area contributed by atoms with Gasteiger partial charge in [-0.25, -0.2) is 4.98 Å². The van der Waals surface area contributed by atoms with Crippen molar-refractivity contribution < 1.29 is 4.42 Å². The molecule has 0 aliphatic carbocycles. The van der Waals surface area contributed by atoms with E-state index in [0.29, 0.717) is 22.0 Å². The molecule has 0 atom stereocenters. The number of benzene rings is 1. The Morgan fingerprint density at radius 3 is 2.75 bits per heavy atom. The lowest BCUT2D eigenvalue weighted by Gasteiger charge is -1.99. The Morgan fingerprint density at radius 2 is 2.05 bits per heavy atom. The first-order valence-electron chi connectivity index (χ1n) is 5.92. The first kappa shape index (κ1) is 13.2. The lowest BCUT2D eigenvalue weighted by Crippen LogP contribution is -1.95. The highest BCUT2D eigenvalue weighted by Crippen LogP contribution is 2.25.